The quantitative estimate of drug-likeness (QED) is 0.791. The molecule has 11 heteroatoms. The van der Waals surface area contributed by atoms with Crippen molar-refractivity contribution in [2.75, 3.05) is 0 Å². The largest absolute Gasteiger partial charge is 0.340 e. The van der Waals surface area contributed by atoms with Gasteiger partial charge < -0.3 is 4.52 Å². The summed E-state index contributed by atoms with van der Waals surface area (Å²) in [6, 6.07) is 3.94. The first-order chi connectivity index (χ1) is 9.68. The molecule has 0 radical (unpaired) electrons. The van der Waals surface area contributed by atoms with Crippen molar-refractivity contribution in [1.82, 2.24) is 14.9 Å². The lowest BCUT2D eigenvalue weighted by Gasteiger charge is -2.05. The Labute approximate surface area is 120 Å². The Hall–Kier alpha value is -1.85. The fourth-order valence-electron chi connectivity index (χ4n) is 1.45. The predicted octanol–water partition coefficient (Wildman–Crippen LogP) is 0.515. The lowest BCUT2D eigenvalue weighted by molar-refractivity contribution is 0.387. The van der Waals surface area contributed by atoms with E-state index in [4.69, 9.17) is 0 Å². The topological polar surface area (TPSA) is 119 Å². The Morgan fingerprint density at radius 1 is 1.24 bits per heavy atom. The molecule has 8 nitrogen and oxygen atoms in total. The van der Waals surface area contributed by atoms with Gasteiger partial charge in [0.25, 0.3) is 0 Å². The van der Waals surface area contributed by atoms with Gasteiger partial charge in [0, 0.05) is 6.92 Å². The number of sulfonamides is 1. The second kappa shape index (κ2) is 5.50. The molecule has 1 aromatic carbocycles. The maximum Gasteiger partial charge on any atom is 0.332 e. The van der Waals surface area contributed by atoms with Crippen LogP contribution < -0.4 is 4.72 Å². The number of rotatable bonds is 5. The molecule has 0 unspecified atom stereocenters. The Balaban J connectivity index is 2.23. The number of hydrogen-bond donors (Lipinski definition) is 1. The molecule has 0 fully saturated rings. The Bertz CT molecular complexity index is 860. The molecule has 0 amide bonds. The molecule has 0 atom stereocenters. The predicted molar refractivity (Wildman–Crippen MR) is 67.8 cm³/mol. The summed E-state index contributed by atoms with van der Waals surface area (Å²) < 4.78 is 65.2. The van der Waals surface area contributed by atoms with Gasteiger partial charge in [0.05, 0.1) is 16.3 Å². The third-order valence-corrected chi connectivity index (χ3v) is 4.60. The molecule has 21 heavy (non-hydrogen) atoms. The van der Waals surface area contributed by atoms with Gasteiger partial charge in [-0.15, -0.1) is 3.89 Å². The zero-order valence-corrected chi connectivity index (χ0v) is 12.3. The molecule has 0 spiro atoms. The van der Waals surface area contributed by atoms with Crippen LogP contribution in [0, 0.1) is 6.92 Å². The summed E-state index contributed by atoms with van der Waals surface area (Å²) in [6.45, 7) is 1.30. The molecule has 114 valence electrons. The highest BCUT2D eigenvalue weighted by Gasteiger charge is 2.19. The maximum atomic E-state index is 12.9. The van der Waals surface area contributed by atoms with Gasteiger partial charge in [0.15, 0.2) is 5.82 Å². The van der Waals surface area contributed by atoms with Crippen LogP contribution in [0.5, 0.6) is 0 Å². The Morgan fingerprint density at radius 3 is 2.48 bits per heavy atom. The van der Waals surface area contributed by atoms with E-state index < -0.39 is 25.1 Å². The van der Waals surface area contributed by atoms with E-state index in [-0.39, 0.29) is 23.2 Å². The minimum atomic E-state index is -4.98. The highest BCUT2D eigenvalue weighted by Crippen LogP contribution is 2.17. The minimum Gasteiger partial charge on any atom is -0.340 e. The number of benzene rings is 1. The van der Waals surface area contributed by atoms with Crippen LogP contribution in [0.4, 0.5) is 3.89 Å². The van der Waals surface area contributed by atoms with Crippen molar-refractivity contribution < 1.29 is 25.2 Å². The van der Waals surface area contributed by atoms with Gasteiger partial charge in [0.1, 0.15) is 0 Å². The third-order valence-electron chi connectivity index (χ3n) is 2.39. The van der Waals surface area contributed by atoms with Crippen molar-refractivity contribution in [1.29, 1.82) is 0 Å². The first-order valence-corrected chi connectivity index (χ1v) is 8.39. The van der Waals surface area contributed by atoms with Crippen molar-refractivity contribution in [2.24, 2.45) is 0 Å². The fourth-order valence-corrected chi connectivity index (χ4v) is 3.06. The molecule has 0 aliphatic heterocycles. The molecule has 0 saturated carbocycles. The summed E-state index contributed by atoms with van der Waals surface area (Å²) in [7, 11) is -9.02. The maximum absolute atomic E-state index is 12.9. The van der Waals surface area contributed by atoms with E-state index in [2.05, 4.69) is 19.4 Å². The summed E-state index contributed by atoms with van der Waals surface area (Å²) in [5.41, 5.74) is 0. The zero-order chi connectivity index (χ0) is 15.7. The normalized spacial score (nSPS) is 12.5. The van der Waals surface area contributed by atoms with E-state index in [9.17, 15) is 20.7 Å². The second-order valence-corrected chi connectivity index (χ2v) is 7.08. The Morgan fingerprint density at radius 2 is 1.90 bits per heavy atom. The van der Waals surface area contributed by atoms with Crippen molar-refractivity contribution in [3.8, 4) is 0 Å². The molecule has 0 bridgehead atoms. The van der Waals surface area contributed by atoms with Crippen LogP contribution in [0.2, 0.25) is 0 Å². The summed E-state index contributed by atoms with van der Waals surface area (Å²) in [6.07, 6.45) is 0. The van der Waals surface area contributed by atoms with Crippen molar-refractivity contribution in [2.45, 2.75) is 23.3 Å². The van der Waals surface area contributed by atoms with Crippen LogP contribution in [0.15, 0.2) is 38.6 Å². The molecule has 0 saturated heterocycles. The Kier molecular flexibility index (Phi) is 4.07. The number of aryl methyl sites for hydroxylation is 1. The number of nitrogens with zero attached hydrogens (tertiary/aromatic N) is 2. The molecular formula is C10H10FN3O5S2. The molecule has 1 N–H and O–H groups in total. The molecule has 2 rings (SSSR count). The van der Waals surface area contributed by atoms with Gasteiger partial charge in [-0.1, -0.05) is 11.2 Å². The lowest BCUT2D eigenvalue weighted by atomic mass is 10.4. The summed E-state index contributed by atoms with van der Waals surface area (Å²) in [5, 5.41) is 3.50. The highest BCUT2D eigenvalue weighted by atomic mass is 32.3. The first-order valence-electron chi connectivity index (χ1n) is 5.52. The monoisotopic (exact) mass is 335 g/mol. The second-order valence-electron chi connectivity index (χ2n) is 3.97. The molecule has 2 aromatic rings. The van der Waals surface area contributed by atoms with Crippen LogP contribution >= 0.6 is 0 Å². The average molecular weight is 335 g/mol. The van der Waals surface area contributed by atoms with E-state index in [0.29, 0.717) is 0 Å². The van der Waals surface area contributed by atoms with Crippen LogP contribution in [0.3, 0.4) is 0 Å². The van der Waals surface area contributed by atoms with Gasteiger partial charge in [0.2, 0.25) is 15.9 Å². The molecule has 0 aliphatic carbocycles. The molecule has 0 aliphatic rings. The lowest BCUT2D eigenvalue weighted by Crippen LogP contribution is -2.24. The first kappa shape index (κ1) is 15.5. The minimum absolute atomic E-state index is 0.116. The molecule has 1 aromatic heterocycles. The number of aromatic nitrogens is 2. The molecular weight excluding hydrogens is 325 g/mol. The van der Waals surface area contributed by atoms with Crippen LogP contribution in [-0.2, 0) is 26.8 Å². The van der Waals surface area contributed by atoms with E-state index in [0.717, 1.165) is 24.3 Å². The summed E-state index contributed by atoms with van der Waals surface area (Å²) in [4.78, 5) is 2.68. The number of nitrogens with one attached hydrogen (secondary N) is 1. The van der Waals surface area contributed by atoms with Crippen molar-refractivity contribution >= 4 is 20.2 Å². The average Bonchev–Trinajstić information content (AvgIpc) is 2.82. The standard InChI is InChI=1S/C10H10FN3O5S2/c1-7-13-10(14-19-7)6-12-21(17,18)9-4-2-3-8(5-9)20(11,15)16/h2-5,12H,6H2,1H3. The van der Waals surface area contributed by atoms with Crippen molar-refractivity contribution in [3.63, 3.8) is 0 Å². The smallest absolute Gasteiger partial charge is 0.332 e. The van der Waals surface area contributed by atoms with Crippen molar-refractivity contribution in [3.05, 3.63) is 36.0 Å². The van der Waals surface area contributed by atoms with E-state index in [1.807, 2.05) is 0 Å². The summed E-state index contributed by atoms with van der Waals surface area (Å²) >= 11 is 0. The molecule has 1 heterocycles. The van der Waals surface area contributed by atoms with Gasteiger partial charge in [-0.25, -0.2) is 13.1 Å². The van der Waals surface area contributed by atoms with Gasteiger partial charge in [-0.3, -0.25) is 0 Å². The van der Waals surface area contributed by atoms with Gasteiger partial charge >= 0.3 is 10.2 Å². The van der Waals surface area contributed by atoms with Crippen LogP contribution in [-0.4, -0.2) is 27.0 Å². The summed E-state index contributed by atoms with van der Waals surface area (Å²) in [5.74, 6) is 0.389. The van der Waals surface area contributed by atoms with E-state index >= 15 is 0 Å². The van der Waals surface area contributed by atoms with Crippen LogP contribution in [0.25, 0.3) is 0 Å². The van der Waals surface area contributed by atoms with Gasteiger partial charge in [-0.2, -0.15) is 13.4 Å². The number of hydrogen-bond acceptors (Lipinski definition) is 7. The highest BCUT2D eigenvalue weighted by molar-refractivity contribution is 7.89. The number of halogens is 1. The fraction of sp³-hybridized carbons (Fsp3) is 0.200. The SMILES string of the molecule is Cc1nc(CNS(=O)(=O)c2cccc(S(=O)(=O)F)c2)no1. The van der Waals surface area contributed by atoms with Crippen LogP contribution in [0.1, 0.15) is 11.7 Å². The van der Waals surface area contributed by atoms with E-state index in [1.165, 1.54) is 0 Å². The zero-order valence-electron chi connectivity index (χ0n) is 10.6. The van der Waals surface area contributed by atoms with E-state index in [1.54, 1.807) is 6.92 Å². The third kappa shape index (κ3) is 3.83. The van der Waals surface area contributed by atoms with Gasteiger partial charge in [-0.05, 0) is 18.2 Å².